The number of aromatic nitrogens is 3. The third-order valence-electron chi connectivity index (χ3n) is 3.65. The maximum absolute atomic E-state index is 12.3. The van der Waals surface area contributed by atoms with Crippen molar-refractivity contribution in [2.75, 3.05) is 19.8 Å². The molecule has 3 rings (SSSR count). The van der Waals surface area contributed by atoms with Crippen LogP contribution in [0.25, 0.3) is 5.82 Å². The van der Waals surface area contributed by atoms with Crippen LogP contribution in [0, 0.1) is 0 Å². The molecule has 1 atom stereocenters. The van der Waals surface area contributed by atoms with E-state index in [4.69, 9.17) is 4.74 Å². The Morgan fingerprint density at radius 2 is 2.36 bits per heavy atom. The second kappa shape index (κ2) is 6.57. The van der Waals surface area contributed by atoms with E-state index in [0.29, 0.717) is 26.3 Å². The van der Waals surface area contributed by atoms with E-state index in [9.17, 15) is 4.79 Å². The fraction of sp³-hybridized carbons (Fsp3) is 0.400. The molecule has 22 heavy (non-hydrogen) atoms. The zero-order chi connectivity index (χ0) is 15.4. The van der Waals surface area contributed by atoms with Crippen molar-refractivity contribution in [1.29, 1.82) is 0 Å². The van der Waals surface area contributed by atoms with Crippen molar-refractivity contribution in [3.63, 3.8) is 0 Å². The summed E-state index contributed by atoms with van der Waals surface area (Å²) in [5.74, 6) is 0.725. The molecule has 116 valence electrons. The summed E-state index contributed by atoms with van der Waals surface area (Å²) in [4.78, 5) is 18.4. The predicted molar refractivity (Wildman–Crippen MR) is 80.6 cm³/mol. The van der Waals surface area contributed by atoms with Crippen LogP contribution in [-0.2, 0) is 11.3 Å². The molecule has 0 radical (unpaired) electrons. The van der Waals surface area contributed by atoms with Crippen molar-refractivity contribution in [2.24, 2.45) is 0 Å². The molecule has 2 amide bonds. The Kier molecular flexibility index (Phi) is 4.34. The number of hydrogen-bond donors (Lipinski definition) is 1. The Hall–Kier alpha value is -2.41. The fourth-order valence-electron chi connectivity index (χ4n) is 2.47. The SMILES string of the molecule is CC1COCCN1C(=O)NCc1cccnc1-n1cccn1. The molecular weight excluding hydrogens is 282 g/mol. The summed E-state index contributed by atoms with van der Waals surface area (Å²) < 4.78 is 7.04. The normalized spacial score (nSPS) is 18.2. The smallest absolute Gasteiger partial charge is 0.318 e. The monoisotopic (exact) mass is 301 g/mol. The lowest BCUT2D eigenvalue weighted by Crippen LogP contribution is -2.51. The lowest BCUT2D eigenvalue weighted by molar-refractivity contribution is 0.0190. The summed E-state index contributed by atoms with van der Waals surface area (Å²) in [6.07, 6.45) is 5.25. The second-order valence-corrected chi connectivity index (χ2v) is 5.21. The molecular formula is C15H19N5O2. The van der Waals surface area contributed by atoms with Gasteiger partial charge < -0.3 is 15.0 Å². The first-order valence-corrected chi connectivity index (χ1v) is 7.32. The fourth-order valence-corrected chi connectivity index (χ4v) is 2.47. The maximum atomic E-state index is 12.3. The average molecular weight is 301 g/mol. The van der Waals surface area contributed by atoms with Crippen LogP contribution in [-0.4, -0.2) is 51.5 Å². The maximum Gasteiger partial charge on any atom is 0.318 e. The predicted octanol–water partition coefficient (Wildman–Crippen LogP) is 1.20. The van der Waals surface area contributed by atoms with Crippen LogP contribution in [0.5, 0.6) is 0 Å². The molecule has 7 heteroatoms. The Balaban J connectivity index is 1.68. The van der Waals surface area contributed by atoms with Crippen molar-refractivity contribution in [2.45, 2.75) is 19.5 Å². The first-order valence-electron chi connectivity index (χ1n) is 7.32. The van der Waals surface area contributed by atoms with Crippen molar-refractivity contribution in [3.8, 4) is 5.82 Å². The van der Waals surface area contributed by atoms with Gasteiger partial charge >= 0.3 is 6.03 Å². The van der Waals surface area contributed by atoms with Gasteiger partial charge in [0.25, 0.3) is 0 Å². The summed E-state index contributed by atoms with van der Waals surface area (Å²) in [5, 5.41) is 7.14. The molecule has 1 N–H and O–H groups in total. The Bertz CT molecular complexity index is 629. The molecule has 2 aromatic rings. The van der Waals surface area contributed by atoms with E-state index in [2.05, 4.69) is 15.4 Å². The van der Waals surface area contributed by atoms with E-state index in [0.717, 1.165) is 11.4 Å². The summed E-state index contributed by atoms with van der Waals surface area (Å²) in [5.41, 5.74) is 0.917. The standard InChI is InChI=1S/C15H19N5O2/c1-12-11-22-9-8-19(12)15(21)17-10-13-4-2-5-16-14(13)20-7-3-6-18-20/h2-7,12H,8-11H2,1H3,(H,17,21). The summed E-state index contributed by atoms with van der Waals surface area (Å²) in [6, 6.07) is 5.64. The molecule has 0 aromatic carbocycles. The van der Waals surface area contributed by atoms with E-state index in [-0.39, 0.29) is 12.1 Å². The highest BCUT2D eigenvalue weighted by atomic mass is 16.5. The number of morpholine rings is 1. The van der Waals surface area contributed by atoms with E-state index in [1.54, 1.807) is 22.0 Å². The minimum absolute atomic E-state index is 0.0777. The summed E-state index contributed by atoms with van der Waals surface area (Å²) >= 11 is 0. The zero-order valence-corrected chi connectivity index (χ0v) is 12.5. The zero-order valence-electron chi connectivity index (χ0n) is 12.5. The number of carbonyl (C=O) groups is 1. The molecule has 1 saturated heterocycles. The number of nitrogens with zero attached hydrogens (tertiary/aromatic N) is 4. The van der Waals surface area contributed by atoms with E-state index in [1.165, 1.54) is 0 Å². The molecule has 1 aliphatic heterocycles. The highest BCUT2D eigenvalue weighted by Gasteiger charge is 2.23. The van der Waals surface area contributed by atoms with E-state index < -0.39 is 0 Å². The van der Waals surface area contributed by atoms with Crippen molar-refractivity contribution in [3.05, 3.63) is 42.4 Å². The van der Waals surface area contributed by atoms with Gasteiger partial charge in [-0.15, -0.1) is 0 Å². The minimum atomic E-state index is -0.0777. The van der Waals surface area contributed by atoms with Crippen molar-refractivity contribution in [1.82, 2.24) is 25.0 Å². The lowest BCUT2D eigenvalue weighted by Gasteiger charge is -2.33. The Labute approximate surface area is 128 Å². The van der Waals surface area contributed by atoms with Gasteiger partial charge in [0, 0.05) is 37.2 Å². The average Bonchev–Trinajstić information content (AvgIpc) is 3.07. The molecule has 0 saturated carbocycles. The van der Waals surface area contributed by atoms with Gasteiger partial charge in [0.05, 0.1) is 19.3 Å². The number of ether oxygens (including phenoxy) is 1. The molecule has 1 aliphatic rings. The first kappa shape index (κ1) is 14.5. The number of hydrogen-bond acceptors (Lipinski definition) is 4. The summed E-state index contributed by atoms with van der Waals surface area (Å²) in [7, 11) is 0. The van der Waals surface area contributed by atoms with Crippen molar-refractivity contribution < 1.29 is 9.53 Å². The molecule has 2 aromatic heterocycles. The molecule has 0 spiro atoms. The van der Waals surface area contributed by atoms with E-state index >= 15 is 0 Å². The number of carbonyl (C=O) groups excluding carboxylic acids is 1. The molecule has 0 aliphatic carbocycles. The topological polar surface area (TPSA) is 72.3 Å². The number of nitrogens with one attached hydrogen (secondary N) is 1. The number of pyridine rings is 1. The largest absolute Gasteiger partial charge is 0.377 e. The molecule has 1 fully saturated rings. The van der Waals surface area contributed by atoms with Crippen LogP contribution >= 0.6 is 0 Å². The third kappa shape index (κ3) is 3.09. The summed E-state index contributed by atoms with van der Waals surface area (Å²) in [6.45, 7) is 4.18. The molecule has 0 bridgehead atoms. The van der Waals surface area contributed by atoms with Crippen LogP contribution in [0.2, 0.25) is 0 Å². The van der Waals surface area contributed by atoms with Crippen LogP contribution in [0.1, 0.15) is 12.5 Å². The minimum Gasteiger partial charge on any atom is -0.377 e. The van der Waals surface area contributed by atoms with Crippen molar-refractivity contribution >= 4 is 6.03 Å². The third-order valence-corrected chi connectivity index (χ3v) is 3.65. The van der Waals surface area contributed by atoms with Crippen LogP contribution in [0.15, 0.2) is 36.8 Å². The number of rotatable bonds is 3. The van der Waals surface area contributed by atoms with Gasteiger partial charge in [0.2, 0.25) is 0 Å². The van der Waals surface area contributed by atoms with Gasteiger partial charge in [-0.25, -0.2) is 14.5 Å². The lowest BCUT2D eigenvalue weighted by atomic mass is 10.2. The van der Waals surface area contributed by atoms with Gasteiger partial charge in [-0.1, -0.05) is 6.07 Å². The number of urea groups is 1. The van der Waals surface area contributed by atoms with Crippen LogP contribution in [0.3, 0.4) is 0 Å². The van der Waals surface area contributed by atoms with Gasteiger partial charge in [0.1, 0.15) is 0 Å². The molecule has 7 nitrogen and oxygen atoms in total. The van der Waals surface area contributed by atoms with Gasteiger partial charge in [-0.3, -0.25) is 0 Å². The van der Waals surface area contributed by atoms with Crippen LogP contribution < -0.4 is 5.32 Å². The molecule has 1 unspecified atom stereocenters. The van der Waals surface area contributed by atoms with Crippen LogP contribution in [0.4, 0.5) is 4.79 Å². The first-order chi connectivity index (χ1) is 10.8. The Morgan fingerprint density at radius 3 is 3.14 bits per heavy atom. The second-order valence-electron chi connectivity index (χ2n) is 5.21. The highest BCUT2D eigenvalue weighted by Crippen LogP contribution is 2.11. The van der Waals surface area contributed by atoms with Gasteiger partial charge in [-0.05, 0) is 19.1 Å². The molecule has 3 heterocycles. The van der Waals surface area contributed by atoms with Gasteiger partial charge in [-0.2, -0.15) is 5.10 Å². The quantitative estimate of drug-likeness (QED) is 0.924. The number of amides is 2. The highest BCUT2D eigenvalue weighted by molar-refractivity contribution is 5.74. The Morgan fingerprint density at radius 1 is 1.45 bits per heavy atom. The van der Waals surface area contributed by atoms with E-state index in [1.807, 2.05) is 31.3 Å². The van der Waals surface area contributed by atoms with Gasteiger partial charge in [0.15, 0.2) is 5.82 Å².